The van der Waals surface area contributed by atoms with Crippen LogP contribution in [0.25, 0.3) is 0 Å². The van der Waals surface area contributed by atoms with E-state index in [4.69, 9.17) is 4.52 Å². The van der Waals surface area contributed by atoms with Crippen molar-refractivity contribution >= 4 is 17.6 Å². The van der Waals surface area contributed by atoms with Crippen molar-refractivity contribution in [3.05, 3.63) is 41.3 Å². The Labute approximate surface area is 162 Å². The van der Waals surface area contributed by atoms with Crippen LogP contribution in [0.3, 0.4) is 0 Å². The third-order valence-corrected chi connectivity index (χ3v) is 4.70. The van der Waals surface area contributed by atoms with Crippen LogP contribution in [0.5, 0.6) is 0 Å². The number of halogens is 1. The van der Waals surface area contributed by atoms with Gasteiger partial charge in [0.2, 0.25) is 5.89 Å². The lowest BCUT2D eigenvalue weighted by Crippen LogP contribution is -2.43. The number of carbonyl (C=O) groups excluding carboxylic acids is 2. The van der Waals surface area contributed by atoms with Gasteiger partial charge in [0.25, 0.3) is 5.91 Å². The molecule has 1 aromatic carbocycles. The average molecular weight is 389 g/mol. The maximum Gasteiger partial charge on any atom is 0.321 e. The number of likely N-dealkylation sites (tertiary alicyclic amines) is 1. The van der Waals surface area contributed by atoms with Gasteiger partial charge in [-0.25, -0.2) is 9.18 Å². The molecule has 2 aromatic rings. The molecule has 0 aliphatic carbocycles. The summed E-state index contributed by atoms with van der Waals surface area (Å²) in [6, 6.07) is 3.72. The van der Waals surface area contributed by atoms with Gasteiger partial charge in [0.15, 0.2) is 5.82 Å². The number of piperidine rings is 1. The molecule has 1 atom stereocenters. The van der Waals surface area contributed by atoms with Crippen molar-refractivity contribution in [1.29, 1.82) is 0 Å². The first-order valence-electron chi connectivity index (χ1n) is 9.20. The minimum absolute atomic E-state index is 0.0770. The van der Waals surface area contributed by atoms with Gasteiger partial charge in [-0.05, 0) is 37.0 Å². The minimum atomic E-state index is -0.620. The number of hydrogen-bond donors (Lipinski definition) is 1. The first kappa shape index (κ1) is 19.8. The first-order chi connectivity index (χ1) is 13.3. The number of amides is 3. The summed E-state index contributed by atoms with van der Waals surface area (Å²) in [6.07, 6.45) is 2.51. The Balaban J connectivity index is 1.64. The van der Waals surface area contributed by atoms with Crippen LogP contribution in [0.15, 0.2) is 22.7 Å². The Bertz CT molecular complexity index is 867. The summed E-state index contributed by atoms with van der Waals surface area (Å²) in [4.78, 5) is 31.9. The predicted molar refractivity (Wildman–Crippen MR) is 100 cm³/mol. The molecule has 1 aliphatic heterocycles. The van der Waals surface area contributed by atoms with Crippen molar-refractivity contribution in [2.24, 2.45) is 5.92 Å². The van der Waals surface area contributed by atoms with E-state index in [0.717, 1.165) is 12.8 Å². The molecular weight excluding hydrogens is 365 g/mol. The molecule has 1 saturated heterocycles. The summed E-state index contributed by atoms with van der Waals surface area (Å²) >= 11 is 0. The fraction of sp³-hybridized carbons (Fsp3) is 0.474. The molecule has 3 rings (SSSR count). The molecule has 1 aliphatic rings. The number of aryl methyl sites for hydroxylation is 1. The van der Waals surface area contributed by atoms with Gasteiger partial charge in [0.1, 0.15) is 5.82 Å². The van der Waals surface area contributed by atoms with E-state index < -0.39 is 11.7 Å². The summed E-state index contributed by atoms with van der Waals surface area (Å²) in [7, 11) is 3.10. The molecule has 0 bridgehead atoms. The number of aromatic nitrogens is 2. The first-order valence-corrected chi connectivity index (χ1v) is 9.20. The highest BCUT2D eigenvalue weighted by atomic mass is 19.1. The predicted octanol–water partition coefficient (Wildman–Crippen LogP) is 2.71. The molecule has 28 heavy (non-hydrogen) atoms. The lowest BCUT2D eigenvalue weighted by Gasteiger charge is -2.32. The summed E-state index contributed by atoms with van der Waals surface area (Å²) in [5.41, 5.74) is 0.305. The van der Waals surface area contributed by atoms with Crippen LogP contribution in [0.2, 0.25) is 0 Å². The average Bonchev–Trinajstić information content (AvgIpc) is 3.07. The summed E-state index contributed by atoms with van der Waals surface area (Å²) in [5, 5.41) is 6.68. The van der Waals surface area contributed by atoms with Gasteiger partial charge in [-0.1, -0.05) is 5.16 Å². The number of urea groups is 1. The van der Waals surface area contributed by atoms with Crippen molar-refractivity contribution in [3.8, 4) is 0 Å². The van der Waals surface area contributed by atoms with Gasteiger partial charge >= 0.3 is 6.03 Å². The largest absolute Gasteiger partial charge is 0.345 e. The molecule has 0 radical (unpaired) electrons. The van der Waals surface area contributed by atoms with E-state index in [0.29, 0.717) is 36.9 Å². The van der Waals surface area contributed by atoms with E-state index in [1.54, 1.807) is 25.9 Å². The highest BCUT2D eigenvalue weighted by Gasteiger charge is 2.25. The monoisotopic (exact) mass is 389 g/mol. The zero-order valence-electron chi connectivity index (χ0n) is 16.2. The summed E-state index contributed by atoms with van der Waals surface area (Å²) in [6.45, 7) is 2.96. The van der Waals surface area contributed by atoms with Crippen LogP contribution in [-0.4, -0.2) is 59.1 Å². The van der Waals surface area contributed by atoms with Gasteiger partial charge in [0, 0.05) is 46.2 Å². The molecule has 1 fully saturated rings. The molecule has 1 aromatic heterocycles. The van der Waals surface area contributed by atoms with E-state index in [-0.39, 0.29) is 17.5 Å². The number of benzene rings is 1. The van der Waals surface area contributed by atoms with Crippen molar-refractivity contribution in [2.45, 2.75) is 26.2 Å². The van der Waals surface area contributed by atoms with E-state index in [1.165, 1.54) is 23.1 Å². The molecule has 8 nitrogen and oxygen atoms in total. The standard InChI is InChI=1S/C19H24FN5O3/c1-12-21-17(23-28-12)9-13-5-4-8-25(11-13)19(27)22-14-6-7-16(20)15(10-14)18(26)24(2)3/h6-7,10,13H,4-5,8-9,11H2,1-3H3,(H,22,27). The van der Waals surface area contributed by atoms with Crippen molar-refractivity contribution < 1.29 is 18.5 Å². The Morgan fingerprint density at radius 3 is 2.86 bits per heavy atom. The number of anilines is 1. The van der Waals surface area contributed by atoms with E-state index in [2.05, 4.69) is 15.5 Å². The van der Waals surface area contributed by atoms with Crippen molar-refractivity contribution in [3.63, 3.8) is 0 Å². The minimum Gasteiger partial charge on any atom is -0.345 e. The fourth-order valence-corrected chi connectivity index (χ4v) is 3.31. The van der Waals surface area contributed by atoms with Crippen LogP contribution < -0.4 is 5.32 Å². The molecular formula is C19H24FN5O3. The Morgan fingerprint density at radius 1 is 1.39 bits per heavy atom. The van der Waals surface area contributed by atoms with Gasteiger partial charge in [-0.2, -0.15) is 4.98 Å². The lowest BCUT2D eigenvalue weighted by molar-refractivity contribution is 0.0823. The van der Waals surface area contributed by atoms with E-state index in [1.807, 2.05) is 0 Å². The fourth-order valence-electron chi connectivity index (χ4n) is 3.31. The zero-order chi connectivity index (χ0) is 20.3. The molecule has 150 valence electrons. The van der Waals surface area contributed by atoms with Crippen LogP contribution in [0.4, 0.5) is 14.9 Å². The number of nitrogens with zero attached hydrogens (tertiary/aromatic N) is 4. The number of nitrogens with one attached hydrogen (secondary N) is 1. The molecule has 1 N–H and O–H groups in total. The van der Waals surface area contributed by atoms with Gasteiger partial charge in [-0.3, -0.25) is 4.79 Å². The Hall–Kier alpha value is -2.97. The number of hydrogen-bond acceptors (Lipinski definition) is 5. The molecule has 0 saturated carbocycles. The lowest BCUT2D eigenvalue weighted by atomic mass is 9.95. The van der Waals surface area contributed by atoms with E-state index >= 15 is 0 Å². The second-order valence-electron chi connectivity index (χ2n) is 7.21. The molecule has 0 spiro atoms. The van der Waals surface area contributed by atoms with Gasteiger partial charge in [0.05, 0.1) is 5.56 Å². The quantitative estimate of drug-likeness (QED) is 0.868. The van der Waals surface area contributed by atoms with Crippen LogP contribution >= 0.6 is 0 Å². The summed E-state index contributed by atoms with van der Waals surface area (Å²) < 4.78 is 18.9. The number of carbonyl (C=O) groups is 2. The molecule has 1 unspecified atom stereocenters. The van der Waals surface area contributed by atoms with Gasteiger partial charge < -0.3 is 19.6 Å². The normalized spacial score (nSPS) is 16.7. The van der Waals surface area contributed by atoms with Crippen LogP contribution in [-0.2, 0) is 6.42 Å². The smallest absolute Gasteiger partial charge is 0.321 e. The maximum absolute atomic E-state index is 13.9. The third-order valence-electron chi connectivity index (χ3n) is 4.70. The highest BCUT2D eigenvalue weighted by molar-refractivity contribution is 5.96. The molecule has 3 amide bonds. The Kier molecular flexibility index (Phi) is 5.91. The SMILES string of the molecule is Cc1nc(CC2CCCN(C(=O)Nc3ccc(F)c(C(=O)N(C)C)c3)C2)no1. The van der Waals surface area contributed by atoms with E-state index in [9.17, 15) is 14.0 Å². The maximum atomic E-state index is 13.9. The zero-order valence-corrected chi connectivity index (χ0v) is 16.2. The van der Waals surface area contributed by atoms with Crippen molar-refractivity contribution in [2.75, 3.05) is 32.5 Å². The topological polar surface area (TPSA) is 91.6 Å². The summed E-state index contributed by atoms with van der Waals surface area (Å²) in [5.74, 6) is 0.345. The molecule has 2 heterocycles. The van der Waals surface area contributed by atoms with Crippen LogP contribution in [0.1, 0.15) is 34.9 Å². The molecule has 9 heteroatoms. The Morgan fingerprint density at radius 2 is 2.18 bits per heavy atom. The van der Waals surface area contributed by atoms with Crippen molar-refractivity contribution in [1.82, 2.24) is 19.9 Å². The second-order valence-corrected chi connectivity index (χ2v) is 7.21. The highest BCUT2D eigenvalue weighted by Crippen LogP contribution is 2.22. The van der Waals surface area contributed by atoms with Crippen LogP contribution in [0, 0.1) is 18.7 Å². The van der Waals surface area contributed by atoms with Gasteiger partial charge in [-0.15, -0.1) is 0 Å². The number of rotatable bonds is 4. The second kappa shape index (κ2) is 8.37. The third kappa shape index (κ3) is 4.65.